The molecule has 1 rings (SSSR count). The minimum Gasteiger partial charge on any atom is -0.373 e. The number of benzene rings is 1. The van der Waals surface area contributed by atoms with Crippen LogP contribution in [0.5, 0.6) is 0 Å². The molecule has 0 radical (unpaired) electrons. The van der Waals surface area contributed by atoms with E-state index in [1.54, 1.807) is 0 Å². The van der Waals surface area contributed by atoms with Crippen LogP contribution in [0.15, 0.2) is 16.6 Å². The fourth-order valence-electron chi connectivity index (χ4n) is 1.88. The number of anilines is 1. The molecule has 1 unspecified atom stereocenters. The Kier molecular flexibility index (Phi) is 5.85. The summed E-state index contributed by atoms with van der Waals surface area (Å²) in [6.45, 7) is 10.8. The topological polar surface area (TPSA) is 41.1 Å². The summed E-state index contributed by atoms with van der Waals surface area (Å²) in [6.07, 6.45) is 0. The molecule has 0 aliphatic carbocycles. The highest BCUT2D eigenvalue weighted by Gasteiger charge is 2.14. The quantitative estimate of drug-likeness (QED) is 0.867. The average Bonchev–Trinajstić information content (AvgIpc) is 2.30. The summed E-state index contributed by atoms with van der Waals surface area (Å²) in [5.74, 6) is 0.503. The van der Waals surface area contributed by atoms with Crippen molar-refractivity contribution in [1.82, 2.24) is 5.32 Å². The van der Waals surface area contributed by atoms with Crippen molar-refractivity contribution < 1.29 is 4.79 Å². The molecule has 106 valence electrons. The standard InChI is InChI=1S/C15H23BrN2O/c1-9(2)8-17-15(19)12(5)18-14-10(3)6-13(16)7-11(14)4/h6-7,9,12,18H,8H2,1-5H3,(H,17,19). The molecule has 2 N–H and O–H groups in total. The van der Waals surface area contributed by atoms with Gasteiger partial charge in [-0.1, -0.05) is 29.8 Å². The van der Waals surface area contributed by atoms with Gasteiger partial charge in [0.05, 0.1) is 0 Å². The van der Waals surface area contributed by atoms with Crippen LogP contribution in [0.3, 0.4) is 0 Å². The van der Waals surface area contributed by atoms with Crippen LogP contribution in [-0.4, -0.2) is 18.5 Å². The molecule has 0 aromatic heterocycles. The number of carbonyl (C=O) groups excluding carboxylic acids is 1. The van der Waals surface area contributed by atoms with Crippen LogP contribution in [0.4, 0.5) is 5.69 Å². The number of nitrogens with one attached hydrogen (secondary N) is 2. The van der Waals surface area contributed by atoms with Crippen molar-refractivity contribution in [1.29, 1.82) is 0 Å². The Bertz CT molecular complexity index is 434. The molecule has 0 saturated heterocycles. The van der Waals surface area contributed by atoms with Gasteiger partial charge in [0, 0.05) is 16.7 Å². The van der Waals surface area contributed by atoms with Gasteiger partial charge in [-0.3, -0.25) is 4.79 Å². The summed E-state index contributed by atoms with van der Waals surface area (Å²) in [6, 6.07) is 3.86. The summed E-state index contributed by atoms with van der Waals surface area (Å²) in [5, 5.41) is 6.24. The van der Waals surface area contributed by atoms with E-state index in [2.05, 4.69) is 40.4 Å². The molecule has 1 atom stereocenters. The molecule has 0 saturated carbocycles. The van der Waals surface area contributed by atoms with Crippen molar-refractivity contribution in [3.8, 4) is 0 Å². The smallest absolute Gasteiger partial charge is 0.242 e. The molecule has 1 amide bonds. The third-order valence-electron chi connectivity index (χ3n) is 2.94. The van der Waals surface area contributed by atoms with E-state index in [1.807, 2.05) is 32.9 Å². The van der Waals surface area contributed by atoms with E-state index in [0.717, 1.165) is 21.3 Å². The Morgan fingerprint density at radius 2 is 1.74 bits per heavy atom. The average molecular weight is 327 g/mol. The number of halogens is 1. The second kappa shape index (κ2) is 6.94. The predicted octanol–water partition coefficient (Wildman–Crippen LogP) is 3.64. The molecule has 1 aromatic carbocycles. The minimum atomic E-state index is -0.239. The number of hydrogen-bond donors (Lipinski definition) is 2. The van der Waals surface area contributed by atoms with Crippen LogP contribution in [0.2, 0.25) is 0 Å². The maximum atomic E-state index is 12.0. The normalized spacial score (nSPS) is 12.4. The lowest BCUT2D eigenvalue weighted by Crippen LogP contribution is -2.39. The molecule has 0 fully saturated rings. The van der Waals surface area contributed by atoms with Crippen LogP contribution in [0, 0.1) is 19.8 Å². The number of rotatable bonds is 5. The van der Waals surface area contributed by atoms with Crippen LogP contribution in [0.1, 0.15) is 31.9 Å². The van der Waals surface area contributed by atoms with Crippen molar-refractivity contribution in [3.63, 3.8) is 0 Å². The van der Waals surface area contributed by atoms with Crippen molar-refractivity contribution in [2.45, 2.75) is 40.7 Å². The monoisotopic (exact) mass is 326 g/mol. The molecule has 0 bridgehead atoms. The van der Waals surface area contributed by atoms with E-state index >= 15 is 0 Å². The van der Waals surface area contributed by atoms with E-state index in [9.17, 15) is 4.79 Å². The second-order valence-corrected chi connectivity index (χ2v) is 6.34. The molecule has 3 nitrogen and oxygen atoms in total. The number of amides is 1. The van der Waals surface area contributed by atoms with Crippen LogP contribution in [0.25, 0.3) is 0 Å². The predicted molar refractivity (Wildman–Crippen MR) is 84.5 cm³/mol. The summed E-state index contributed by atoms with van der Waals surface area (Å²) in [7, 11) is 0. The molecule has 0 spiro atoms. The second-order valence-electron chi connectivity index (χ2n) is 5.42. The highest BCUT2D eigenvalue weighted by atomic mass is 79.9. The fourth-order valence-corrected chi connectivity index (χ4v) is 2.56. The molecule has 4 heteroatoms. The highest BCUT2D eigenvalue weighted by Crippen LogP contribution is 2.25. The first kappa shape index (κ1) is 16.0. The Morgan fingerprint density at radius 3 is 2.21 bits per heavy atom. The molecular weight excluding hydrogens is 304 g/mol. The van der Waals surface area contributed by atoms with Crippen molar-refractivity contribution in [3.05, 3.63) is 27.7 Å². The Balaban J connectivity index is 2.71. The van der Waals surface area contributed by atoms with Gasteiger partial charge in [-0.15, -0.1) is 0 Å². The lowest BCUT2D eigenvalue weighted by atomic mass is 10.1. The lowest BCUT2D eigenvalue weighted by molar-refractivity contribution is -0.121. The molecule has 0 aliphatic rings. The fraction of sp³-hybridized carbons (Fsp3) is 0.533. The number of hydrogen-bond acceptors (Lipinski definition) is 2. The highest BCUT2D eigenvalue weighted by molar-refractivity contribution is 9.10. The minimum absolute atomic E-state index is 0.0374. The van der Waals surface area contributed by atoms with Gasteiger partial charge in [-0.05, 0) is 49.9 Å². The molecule has 0 heterocycles. The van der Waals surface area contributed by atoms with Gasteiger partial charge in [0.2, 0.25) is 5.91 Å². The molecule has 0 aliphatic heterocycles. The van der Waals surface area contributed by atoms with Crippen molar-refractivity contribution >= 4 is 27.5 Å². The largest absolute Gasteiger partial charge is 0.373 e. The zero-order chi connectivity index (χ0) is 14.6. The summed E-state index contributed by atoms with van der Waals surface area (Å²) >= 11 is 3.48. The summed E-state index contributed by atoms with van der Waals surface area (Å²) in [4.78, 5) is 12.0. The van der Waals surface area contributed by atoms with E-state index in [0.29, 0.717) is 12.5 Å². The first-order valence-electron chi connectivity index (χ1n) is 6.62. The maximum absolute atomic E-state index is 12.0. The van der Waals surface area contributed by atoms with Crippen LogP contribution >= 0.6 is 15.9 Å². The van der Waals surface area contributed by atoms with Gasteiger partial charge in [-0.25, -0.2) is 0 Å². The van der Waals surface area contributed by atoms with Gasteiger partial charge < -0.3 is 10.6 Å². The Labute approximate surface area is 124 Å². The zero-order valence-electron chi connectivity index (χ0n) is 12.3. The molecule has 1 aromatic rings. The van der Waals surface area contributed by atoms with E-state index < -0.39 is 0 Å². The first-order chi connectivity index (χ1) is 8.81. The van der Waals surface area contributed by atoms with Crippen LogP contribution < -0.4 is 10.6 Å². The first-order valence-corrected chi connectivity index (χ1v) is 7.41. The Morgan fingerprint density at radius 1 is 1.21 bits per heavy atom. The van der Waals surface area contributed by atoms with Gasteiger partial charge in [0.25, 0.3) is 0 Å². The van der Waals surface area contributed by atoms with Gasteiger partial charge in [0.1, 0.15) is 6.04 Å². The van der Waals surface area contributed by atoms with Crippen molar-refractivity contribution in [2.24, 2.45) is 5.92 Å². The SMILES string of the molecule is Cc1cc(Br)cc(C)c1NC(C)C(=O)NCC(C)C. The van der Waals surface area contributed by atoms with E-state index in [1.165, 1.54) is 0 Å². The summed E-state index contributed by atoms with van der Waals surface area (Å²) in [5.41, 5.74) is 3.31. The van der Waals surface area contributed by atoms with Gasteiger partial charge in [0.15, 0.2) is 0 Å². The number of aryl methyl sites for hydroxylation is 2. The number of carbonyl (C=O) groups is 1. The zero-order valence-corrected chi connectivity index (χ0v) is 13.9. The van der Waals surface area contributed by atoms with Gasteiger partial charge in [-0.2, -0.15) is 0 Å². The van der Waals surface area contributed by atoms with E-state index in [-0.39, 0.29) is 11.9 Å². The molecule has 19 heavy (non-hydrogen) atoms. The van der Waals surface area contributed by atoms with Crippen molar-refractivity contribution in [2.75, 3.05) is 11.9 Å². The molecular formula is C15H23BrN2O. The third-order valence-corrected chi connectivity index (χ3v) is 3.39. The van der Waals surface area contributed by atoms with Gasteiger partial charge >= 0.3 is 0 Å². The third kappa shape index (κ3) is 4.86. The van der Waals surface area contributed by atoms with E-state index in [4.69, 9.17) is 0 Å². The lowest BCUT2D eigenvalue weighted by Gasteiger charge is -2.19. The maximum Gasteiger partial charge on any atom is 0.242 e. The Hall–Kier alpha value is -1.03. The summed E-state index contributed by atoms with van der Waals surface area (Å²) < 4.78 is 1.06. The van der Waals surface area contributed by atoms with Crippen LogP contribution in [-0.2, 0) is 4.79 Å².